The van der Waals surface area contributed by atoms with Crippen LogP contribution in [0.5, 0.6) is 17.2 Å². The molecule has 0 saturated heterocycles. The van der Waals surface area contributed by atoms with Crippen molar-refractivity contribution in [2.45, 2.75) is 0 Å². The van der Waals surface area contributed by atoms with E-state index in [4.69, 9.17) is 69.8 Å². The van der Waals surface area contributed by atoms with E-state index in [1.165, 1.54) is 0 Å². The molecule has 3 aromatic carbocycles. The van der Waals surface area contributed by atoms with Crippen molar-refractivity contribution in [1.29, 1.82) is 0 Å². The summed E-state index contributed by atoms with van der Waals surface area (Å²) >= 11 is 32.6. The standard InChI is InChI=1S/C18H15Cl5N4O3P4/c19-31(20)24-32(21,22)26-34(29-17-12-6-2-7-13-17,30-18-14-8-3-9-15-18)27-33(23,25-31)28-16-10-4-1-5-11-16/h1-15H. The smallest absolute Gasteiger partial charge is 0.431 e. The molecule has 0 fully saturated rings. The summed E-state index contributed by atoms with van der Waals surface area (Å²) in [6.45, 7) is -3.71. The van der Waals surface area contributed by atoms with E-state index in [0.29, 0.717) is 17.2 Å². The normalized spacial score (nSPS) is 22.3. The van der Waals surface area contributed by atoms with Gasteiger partial charge in [0, 0.05) is 0 Å². The molecule has 0 aliphatic carbocycles. The number of hydrogen-bond acceptors (Lipinski definition) is 7. The first-order valence-corrected chi connectivity index (χ1v) is 20.4. The number of para-hydroxylation sites is 3. The highest BCUT2D eigenvalue weighted by atomic mass is 35.9. The molecule has 16 heteroatoms. The van der Waals surface area contributed by atoms with Crippen molar-refractivity contribution in [3.63, 3.8) is 0 Å². The van der Waals surface area contributed by atoms with E-state index >= 15 is 0 Å². The highest BCUT2D eigenvalue weighted by molar-refractivity contribution is 8.20. The topological polar surface area (TPSA) is 77.1 Å². The van der Waals surface area contributed by atoms with Crippen LogP contribution in [0.4, 0.5) is 0 Å². The maximum Gasteiger partial charge on any atom is 0.455 e. The van der Waals surface area contributed by atoms with Crippen molar-refractivity contribution in [1.82, 2.24) is 0 Å². The summed E-state index contributed by atoms with van der Waals surface area (Å²) in [4.78, 5) is 0. The molecule has 1 atom stereocenters. The number of hydrogen-bond donors (Lipinski definition) is 0. The lowest BCUT2D eigenvalue weighted by molar-refractivity contribution is 0.477. The van der Waals surface area contributed by atoms with Gasteiger partial charge in [-0.05, 0) is 92.6 Å². The van der Waals surface area contributed by atoms with Crippen molar-refractivity contribution in [2.75, 3.05) is 0 Å². The predicted octanol–water partition coefficient (Wildman–Crippen LogP) is 12.2. The fourth-order valence-corrected chi connectivity index (χ4v) is 21.3. The Hall–Kier alpha value is -0.570. The van der Waals surface area contributed by atoms with Gasteiger partial charge in [-0.15, -0.1) is 9.03 Å². The van der Waals surface area contributed by atoms with Crippen molar-refractivity contribution in [3.05, 3.63) is 91.0 Å². The monoisotopic (exact) mass is 634 g/mol. The van der Waals surface area contributed by atoms with Crippen LogP contribution < -0.4 is 13.6 Å². The molecule has 0 spiro atoms. The summed E-state index contributed by atoms with van der Waals surface area (Å²) in [6.07, 6.45) is 0. The molecule has 0 N–H and O–H groups in total. The van der Waals surface area contributed by atoms with Gasteiger partial charge in [-0.2, -0.15) is 9.03 Å². The second kappa shape index (κ2) is 10.8. The van der Waals surface area contributed by atoms with Crippen LogP contribution in [0.15, 0.2) is 109 Å². The largest absolute Gasteiger partial charge is 0.455 e. The molecule has 0 saturated carbocycles. The maximum atomic E-state index is 6.87. The summed E-state index contributed by atoms with van der Waals surface area (Å²) in [7, 11) is -3.80. The SMILES string of the molecule is ClP1(Cl)=NP(Cl)(Cl)=NP(Oc2ccccc2)(Oc2ccccc2)=NP(Cl)(Oc2ccccc2)=N1. The molecule has 1 aliphatic rings. The lowest BCUT2D eigenvalue weighted by Gasteiger charge is -2.26. The molecular formula is C18H15Cl5N4O3P4. The van der Waals surface area contributed by atoms with Crippen molar-refractivity contribution in [3.8, 4) is 17.2 Å². The summed E-state index contributed by atoms with van der Waals surface area (Å²) < 4.78 is 35.9. The summed E-state index contributed by atoms with van der Waals surface area (Å²) in [5.41, 5.74) is 0. The lowest BCUT2D eigenvalue weighted by Crippen LogP contribution is -2.00. The average Bonchev–Trinajstić information content (AvgIpc) is 2.73. The Labute approximate surface area is 221 Å². The lowest BCUT2D eigenvalue weighted by atomic mass is 10.3. The molecule has 0 amide bonds. The van der Waals surface area contributed by atoms with Crippen LogP contribution in [-0.4, -0.2) is 0 Å². The number of benzene rings is 3. The first-order chi connectivity index (χ1) is 16.1. The second-order valence-corrected chi connectivity index (χ2v) is 21.6. The van der Waals surface area contributed by atoms with Crippen LogP contribution in [0.25, 0.3) is 0 Å². The molecule has 180 valence electrons. The third-order valence-corrected chi connectivity index (χ3v) is 18.4. The fourth-order valence-electron chi connectivity index (χ4n) is 2.59. The molecule has 0 bridgehead atoms. The van der Waals surface area contributed by atoms with E-state index in [2.05, 4.69) is 18.1 Å². The highest BCUT2D eigenvalue weighted by Crippen LogP contribution is 2.85. The number of halogens is 5. The molecule has 3 aromatic rings. The molecule has 0 radical (unpaired) electrons. The zero-order valence-electron chi connectivity index (χ0n) is 16.9. The van der Waals surface area contributed by atoms with Crippen LogP contribution in [0.3, 0.4) is 0 Å². The molecule has 1 heterocycles. The Morgan fingerprint density at radius 2 is 0.824 bits per heavy atom. The van der Waals surface area contributed by atoms with Crippen molar-refractivity contribution >= 4 is 82.5 Å². The highest BCUT2D eigenvalue weighted by Gasteiger charge is 2.39. The minimum absolute atomic E-state index is 0.377. The first kappa shape index (κ1) is 26.5. The summed E-state index contributed by atoms with van der Waals surface area (Å²) in [6, 6.07) is 26.2. The van der Waals surface area contributed by atoms with Gasteiger partial charge in [0.2, 0.25) is 0 Å². The molecule has 7 nitrogen and oxygen atoms in total. The first-order valence-electron chi connectivity index (χ1n) is 9.34. The van der Waals surface area contributed by atoms with Crippen molar-refractivity contribution in [2.24, 2.45) is 18.1 Å². The number of rotatable bonds is 6. The number of nitrogens with zero attached hydrogens (tertiary/aromatic N) is 4. The molecule has 1 aliphatic heterocycles. The van der Waals surface area contributed by atoms with Crippen LogP contribution >= 0.6 is 82.5 Å². The fraction of sp³-hybridized carbons (Fsp3) is 0. The van der Waals surface area contributed by atoms with Crippen LogP contribution in [0.2, 0.25) is 0 Å². The van der Waals surface area contributed by atoms with E-state index in [0.717, 1.165) is 0 Å². The van der Waals surface area contributed by atoms with Gasteiger partial charge in [0.1, 0.15) is 17.2 Å². The minimum atomic E-state index is -3.80. The maximum absolute atomic E-state index is 6.87. The Balaban J connectivity index is 1.98. The second-order valence-electron chi connectivity index (χ2n) is 6.45. The van der Waals surface area contributed by atoms with E-state index in [1.807, 2.05) is 18.2 Å². The summed E-state index contributed by atoms with van der Waals surface area (Å²) in [5, 5.41) is 0. The van der Waals surface area contributed by atoms with Gasteiger partial charge in [0.15, 0.2) is 0 Å². The van der Waals surface area contributed by atoms with Crippen LogP contribution in [-0.2, 0) is 0 Å². The Morgan fingerprint density at radius 3 is 1.26 bits per heavy atom. The molecule has 1 unspecified atom stereocenters. The quantitative estimate of drug-likeness (QED) is 0.253. The zero-order chi connectivity index (χ0) is 24.3. The van der Waals surface area contributed by atoms with Gasteiger partial charge >= 0.3 is 14.4 Å². The van der Waals surface area contributed by atoms with Gasteiger partial charge in [-0.1, -0.05) is 54.6 Å². The summed E-state index contributed by atoms with van der Waals surface area (Å²) in [5.74, 6) is -5.94. The van der Waals surface area contributed by atoms with E-state index < -0.39 is 26.3 Å². The Kier molecular flexibility index (Phi) is 8.43. The Bertz CT molecular complexity index is 1340. The van der Waals surface area contributed by atoms with Crippen molar-refractivity contribution < 1.29 is 13.6 Å². The minimum Gasteiger partial charge on any atom is -0.431 e. The average molecular weight is 637 g/mol. The van der Waals surface area contributed by atoms with Crippen LogP contribution in [0.1, 0.15) is 0 Å². The zero-order valence-corrected chi connectivity index (χ0v) is 24.2. The van der Waals surface area contributed by atoms with Gasteiger partial charge in [0.05, 0.1) is 0 Å². The van der Waals surface area contributed by atoms with E-state index in [-0.39, 0.29) is 0 Å². The molecule has 34 heavy (non-hydrogen) atoms. The third-order valence-electron chi connectivity index (χ3n) is 3.78. The van der Waals surface area contributed by atoms with E-state index in [1.54, 1.807) is 72.8 Å². The van der Waals surface area contributed by atoms with Crippen LogP contribution in [0, 0.1) is 0 Å². The van der Waals surface area contributed by atoms with Gasteiger partial charge in [0.25, 0.3) is 11.8 Å². The third kappa shape index (κ3) is 7.47. The molecule has 0 aromatic heterocycles. The van der Waals surface area contributed by atoms with E-state index in [9.17, 15) is 0 Å². The van der Waals surface area contributed by atoms with Gasteiger partial charge in [-0.3, -0.25) is 0 Å². The Morgan fingerprint density at radius 1 is 0.441 bits per heavy atom. The molecular weight excluding hydrogens is 621 g/mol. The van der Waals surface area contributed by atoms with Gasteiger partial charge in [-0.25, -0.2) is 0 Å². The molecule has 4 rings (SSSR count). The predicted molar refractivity (Wildman–Crippen MR) is 148 cm³/mol. The van der Waals surface area contributed by atoms with Gasteiger partial charge < -0.3 is 13.6 Å².